The Bertz CT molecular complexity index is 1050. The van der Waals surface area contributed by atoms with Crippen LogP contribution in [0.3, 0.4) is 0 Å². The molecule has 0 atom stereocenters. The number of anilines is 1. The molecule has 1 heterocycles. The highest BCUT2D eigenvalue weighted by Crippen LogP contribution is 2.30. The Morgan fingerprint density at radius 2 is 1.97 bits per heavy atom. The predicted octanol–water partition coefficient (Wildman–Crippen LogP) is 2.27. The molecule has 1 aromatic carbocycles. The second-order valence-electron chi connectivity index (χ2n) is 7.64. The fraction of sp³-hybridized carbons (Fsp3) is 0.500. The molecule has 0 aliphatic heterocycles. The number of nitrogens with zero attached hydrogens (tertiary/aromatic N) is 3. The zero-order valence-corrected chi connectivity index (χ0v) is 17.7. The third kappa shape index (κ3) is 6.64. The Morgan fingerprint density at radius 1 is 1.25 bits per heavy atom. The number of hydrogen-bond donors (Lipinski definition) is 4. The van der Waals surface area contributed by atoms with Crippen LogP contribution >= 0.6 is 0 Å². The molecule has 2 aromatic rings. The molecule has 32 heavy (non-hydrogen) atoms. The third-order valence-electron chi connectivity index (χ3n) is 5.27. The quantitative estimate of drug-likeness (QED) is 0.259. The van der Waals surface area contributed by atoms with Gasteiger partial charge in [0, 0.05) is 19.0 Å². The minimum absolute atomic E-state index is 0.000821. The SMILES string of the molecule is NS(=O)(=O)NCC1CCC(Nc2nonc2C(Cc2cccc(C(F)(F)F)c2)=NO)CC1. The lowest BCUT2D eigenvalue weighted by Crippen LogP contribution is -2.37. The molecule has 1 saturated carbocycles. The molecule has 5 N–H and O–H groups in total. The van der Waals surface area contributed by atoms with Crippen molar-refractivity contribution in [2.75, 3.05) is 11.9 Å². The molecule has 0 amide bonds. The van der Waals surface area contributed by atoms with Gasteiger partial charge in [0.25, 0.3) is 10.2 Å². The molecule has 0 unspecified atom stereocenters. The van der Waals surface area contributed by atoms with E-state index in [2.05, 4.69) is 25.5 Å². The van der Waals surface area contributed by atoms with Crippen molar-refractivity contribution >= 4 is 21.7 Å². The van der Waals surface area contributed by atoms with Crippen molar-refractivity contribution < 1.29 is 31.4 Å². The number of benzene rings is 1. The van der Waals surface area contributed by atoms with Crippen LogP contribution in [0.1, 0.15) is 42.5 Å². The number of aromatic nitrogens is 2. The van der Waals surface area contributed by atoms with E-state index in [4.69, 9.17) is 9.77 Å². The van der Waals surface area contributed by atoms with Gasteiger partial charge in [0.2, 0.25) is 5.82 Å². The van der Waals surface area contributed by atoms with Gasteiger partial charge in [-0.3, -0.25) is 0 Å². The van der Waals surface area contributed by atoms with E-state index in [0.717, 1.165) is 25.0 Å². The van der Waals surface area contributed by atoms with Gasteiger partial charge in [0.1, 0.15) is 5.71 Å². The fourth-order valence-corrected chi connectivity index (χ4v) is 4.10. The number of oxime groups is 1. The van der Waals surface area contributed by atoms with E-state index in [1.165, 1.54) is 12.1 Å². The van der Waals surface area contributed by atoms with Crippen molar-refractivity contribution in [3.05, 3.63) is 41.1 Å². The lowest BCUT2D eigenvalue weighted by Gasteiger charge is -2.29. The third-order valence-corrected chi connectivity index (χ3v) is 5.84. The summed E-state index contributed by atoms with van der Waals surface area (Å²) >= 11 is 0. The molecule has 3 rings (SSSR count). The smallest absolute Gasteiger partial charge is 0.411 e. The summed E-state index contributed by atoms with van der Waals surface area (Å²) in [4.78, 5) is 0. The summed E-state index contributed by atoms with van der Waals surface area (Å²) in [6.07, 6.45) is -1.70. The van der Waals surface area contributed by atoms with E-state index in [1.807, 2.05) is 0 Å². The summed E-state index contributed by atoms with van der Waals surface area (Å²) < 4.78 is 68.0. The monoisotopic (exact) mass is 476 g/mol. The molecule has 0 spiro atoms. The molecule has 0 saturated heterocycles. The average Bonchev–Trinajstić information content (AvgIpc) is 3.18. The van der Waals surface area contributed by atoms with E-state index < -0.39 is 21.9 Å². The zero-order valence-electron chi connectivity index (χ0n) is 16.8. The maximum Gasteiger partial charge on any atom is 0.416 e. The number of nitrogens with one attached hydrogen (secondary N) is 2. The molecular weight excluding hydrogens is 453 g/mol. The first-order valence-electron chi connectivity index (χ1n) is 9.79. The largest absolute Gasteiger partial charge is 0.416 e. The number of rotatable bonds is 8. The molecular formula is C18H23F3N6O4S. The van der Waals surface area contributed by atoms with Gasteiger partial charge in [0.05, 0.1) is 5.56 Å². The molecule has 1 aromatic heterocycles. The topological polar surface area (TPSA) is 156 Å². The molecule has 1 fully saturated rings. The minimum atomic E-state index is -4.49. The van der Waals surface area contributed by atoms with Gasteiger partial charge in [0.15, 0.2) is 5.69 Å². The van der Waals surface area contributed by atoms with Crippen molar-refractivity contribution in [3.63, 3.8) is 0 Å². The predicted molar refractivity (Wildman–Crippen MR) is 108 cm³/mol. The number of hydrogen-bond acceptors (Lipinski definition) is 8. The van der Waals surface area contributed by atoms with Crippen molar-refractivity contribution in [3.8, 4) is 0 Å². The highest BCUT2D eigenvalue weighted by molar-refractivity contribution is 7.87. The average molecular weight is 476 g/mol. The molecule has 1 aliphatic rings. The van der Waals surface area contributed by atoms with Crippen LogP contribution in [0.2, 0.25) is 0 Å². The van der Waals surface area contributed by atoms with E-state index in [1.54, 1.807) is 0 Å². The van der Waals surface area contributed by atoms with Crippen LogP contribution in [-0.2, 0) is 22.8 Å². The van der Waals surface area contributed by atoms with Gasteiger partial charge in [-0.05, 0) is 53.5 Å². The van der Waals surface area contributed by atoms with Gasteiger partial charge in [-0.1, -0.05) is 23.4 Å². The van der Waals surface area contributed by atoms with Crippen LogP contribution in [0.5, 0.6) is 0 Å². The number of nitrogens with two attached hydrogens (primary N) is 1. The zero-order chi connectivity index (χ0) is 23.4. The maximum atomic E-state index is 13.0. The van der Waals surface area contributed by atoms with E-state index in [-0.39, 0.29) is 47.7 Å². The van der Waals surface area contributed by atoms with Crippen LogP contribution in [0.25, 0.3) is 0 Å². The normalized spacial score (nSPS) is 20.3. The molecule has 0 bridgehead atoms. The minimum Gasteiger partial charge on any atom is -0.411 e. The van der Waals surface area contributed by atoms with Crippen molar-refractivity contribution in [1.82, 2.24) is 15.0 Å². The second-order valence-corrected chi connectivity index (χ2v) is 9.02. The first kappa shape index (κ1) is 23.9. The number of halogens is 3. The van der Waals surface area contributed by atoms with Crippen molar-refractivity contribution in [2.24, 2.45) is 16.2 Å². The van der Waals surface area contributed by atoms with Crippen LogP contribution in [0.4, 0.5) is 19.0 Å². The van der Waals surface area contributed by atoms with Gasteiger partial charge < -0.3 is 10.5 Å². The van der Waals surface area contributed by atoms with Gasteiger partial charge >= 0.3 is 6.18 Å². The van der Waals surface area contributed by atoms with Crippen LogP contribution in [-0.4, -0.2) is 42.2 Å². The Labute approximate surface area is 182 Å². The summed E-state index contributed by atoms with van der Waals surface area (Å²) in [6, 6.07) is 4.68. The Hall–Kier alpha value is -2.71. The summed E-state index contributed by atoms with van der Waals surface area (Å²) in [6.45, 7) is 0.265. The Kier molecular flexibility index (Phi) is 7.36. The van der Waals surface area contributed by atoms with Crippen molar-refractivity contribution in [1.29, 1.82) is 0 Å². The summed E-state index contributed by atoms with van der Waals surface area (Å²) in [7, 11) is -3.73. The highest BCUT2D eigenvalue weighted by atomic mass is 32.2. The standard InChI is InChI=1S/C18H23F3N6O4S/c19-18(20,21)13-3-1-2-12(8-13)9-15(25-28)16-17(27-31-26-16)24-14-6-4-11(5-7-14)10-23-32(22,29)30/h1-3,8,11,14,23,28H,4-7,9-10H2,(H,24,27)(H2,22,29,30). The number of alkyl halides is 3. The maximum absolute atomic E-state index is 13.0. The lowest BCUT2D eigenvalue weighted by atomic mass is 9.86. The highest BCUT2D eigenvalue weighted by Gasteiger charge is 2.31. The molecule has 1 aliphatic carbocycles. The summed E-state index contributed by atoms with van der Waals surface area (Å²) in [5.74, 6) is 0.368. The fourth-order valence-electron chi connectivity index (χ4n) is 3.63. The van der Waals surface area contributed by atoms with Gasteiger partial charge in [-0.25, -0.2) is 14.5 Å². The Balaban J connectivity index is 1.62. The molecule has 10 nitrogen and oxygen atoms in total. The van der Waals surface area contributed by atoms with Crippen LogP contribution in [0, 0.1) is 5.92 Å². The van der Waals surface area contributed by atoms with E-state index in [0.29, 0.717) is 12.8 Å². The van der Waals surface area contributed by atoms with E-state index >= 15 is 0 Å². The first-order valence-corrected chi connectivity index (χ1v) is 11.3. The van der Waals surface area contributed by atoms with E-state index in [9.17, 15) is 26.8 Å². The summed E-state index contributed by atoms with van der Waals surface area (Å²) in [5, 5.41) is 28.3. The first-order chi connectivity index (χ1) is 15.0. The molecule has 14 heteroatoms. The molecule has 176 valence electrons. The van der Waals surface area contributed by atoms with Crippen molar-refractivity contribution in [2.45, 2.75) is 44.3 Å². The second kappa shape index (κ2) is 9.83. The molecule has 0 radical (unpaired) electrons. The van der Waals surface area contributed by atoms with Gasteiger partial charge in [-0.2, -0.15) is 21.6 Å². The van der Waals surface area contributed by atoms with Crippen LogP contribution in [0.15, 0.2) is 34.1 Å². The summed E-state index contributed by atoms with van der Waals surface area (Å²) in [5.41, 5.74) is -0.427. The lowest BCUT2D eigenvalue weighted by molar-refractivity contribution is -0.137. The van der Waals surface area contributed by atoms with Crippen LogP contribution < -0.4 is 15.2 Å². The Morgan fingerprint density at radius 3 is 2.59 bits per heavy atom. The van der Waals surface area contributed by atoms with Gasteiger partial charge in [-0.15, -0.1) is 0 Å².